The predicted octanol–water partition coefficient (Wildman–Crippen LogP) is 2.76. The first kappa shape index (κ1) is 13.3. The first-order chi connectivity index (χ1) is 10.1. The van der Waals surface area contributed by atoms with E-state index >= 15 is 0 Å². The van der Waals surface area contributed by atoms with Crippen molar-refractivity contribution in [2.24, 2.45) is 0 Å². The molecule has 2 aromatic heterocycles. The molecule has 2 N–H and O–H groups in total. The lowest BCUT2D eigenvalue weighted by Crippen LogP contribution is -2.15. The molecule has 0 saturated carbocycles. The number of benzene rings is 1. The van der Waals surface area contributed by atoms with Gasteiger partial charge >= 0.3 is 0 Å². The summed E-state index contributed by atoms with van der Waals surface area (Å²) in [4.78, 5) is 16.4. The zero-order valence-corrected chi connectivity index (χ0v) is 12.0. The van der Waals surface area contributed by atoms with Crippen LogP contribution in [0, 0.1) is 13.8 Å². The highest BCUT2D eigenvalue weighted by Gasteiger charge is 2.08. The summed E-state index contributed by atoms with van der Waals surface area (Å²) >= 11 is 0. The summed E-state index contributed by atoms with van der Waals surface area (Å²) in [6, 6.07) is 9.77. The number of anilines is 1. The van der Waals surface area contributed by atoms with Crippen molar-refractivity contribution in [1.82, 2.24) is 15.2 Å². The van der Waals surface area contributed by atoms with Crippen LogP contribution in [0.2, 0.25) is 0 Å². The molecule has 2 heterocycles. The number of pyridine rings is 1. The number of hydrogen-bond acceptors (Lipinski definition) is 3. The normalized spacial score (nSPS) is 10.8. The van der Waals surface area contributed by atoms with Gasteiger partial charge in [-0.1, -0.05) is 24.3 Å². The van der Waals surface area contributed by atoms with E-state index in [-0.39, 0.29) is 5.91 Å². The summed E-state index contributed by atoms with van der Waals surface area (Å²) in [5.74, 6) is -0.0494. The van der Waals surface area contributed by atoms with E-state index in [1.165, 1.54) is 0 Å². The Hall–Kier alpha value is -2.69. The van der Waals surface area contributed by atoms with Crippen molar-refractivity contribution in [3.05, 3.63) is 53.3 Å². The van der Waals surface area contributed by atoms with E-state index in [4.69, 9.17) is 0 Å². The number of carbonyl (C=O) groups is 1. The Kier molecular flexibility index (Phi) is 3.39. The number of nitrogens with one attached hydrogen (secondary N) is 2. The maximum Gasteiger partial charge on any atom is 0.228 e. The van der Waals surface area contributed by atoms with Crippen molar-refractivity contribution in [1.29, 1.82) is 0 Å². The Morgan fingerprint density at radius 2 is 2.10 bits per heavy atom. The van der Waals surface area contributed by atoms with Gasteiger partial charge in [0.1, 0.15) is 0 Å². The predicted molar refractivity (Wildman–Crippen MR) is 82.1 cm³/mol. The molecule has 0 fully saturated rings. The molecule has 0 aliphatic carbocycles. The average Bonchev–Trinajstić information content (AvgIpc) is 2.83. The van der Waals surface area contributed by atoms with Crippen LogP contribution >= 0.6 is 0 Å². The number of hydrogen-bond donors (Lipinski definition) is 2. The van der Waals surface area contributed by atoms with E-state index in [2.05, 4.69) is 20.5 Å². The molecule has 1 amide bonds. The van der Waals surface area contributed by atoms with Crippen molar-refractivity contribution in [2.45, 2.75) is 20.3 Å². The molecular formula is C16H16N4O. The fraction of sp³-hybridized carbons (Fsp3) is 0.188. The van der Waals surface area contributed by atoms with Crippen LogP contribution in [-0.4, -0.2) is 21.1 Å². The molecule has 1 aromatic carbocycles. The Labute approximate surface area is 122 Å². The number of rotatable bonds is 3. The van der Waals surface area contributed by atoms with Gasteiger partial charge < -0.3 is 5.32 Å². The number of nitrogens with zero attached hydrogens (tertiary/aromatic N) is 2. The van der Waals surface area contributed by atoms with Gasteiger partial charge in [-0.25, -0.2) is 4.98 Å². The lowest BCUT2D eigenvalue weighted by atomic mass is 10.1. The Morgan fingerprint density at radius 3 is 2.90 bits per heavy atom. The molecule has 0 radical (unpaired) electrons. The first-order valence-corrected chi connectivity index (χ1v) is 6.78. The average molecular weight is 280 g/mol. The zero-order chi connectivity index (χ0) is 14.8. The second kappa shape index (κ2) is 5.36. The van der Waals surface area contributed by atoms with Crippen LogP contribution in [0.5, 0.6) is 0 Å². The quantitative estimate of drug-likeness (QED) is 0.775. The van der Waals surface area contributed by atoms with Gasteiger partial charge in [0, 0.05) is 11.1 Å². The maximum atomic E-state index is 12.1. The summed E-state index contributed by atoms with van der Waals surface area (Å²) in [6.07, 6.45) is 1.98. The van der Waals surface area contributed by atoms with Crippen LogP contribution in [0.4, 0.5) is 5.69 Å². The van der Waals surface area contributed by atoms with Gasteiger partial charge in [-0.15, -0.1) is 0 Å². The molecule has 5 nitrogen and oxygen atoms in total. The highest BCUT2D eigenvalue weighted by atomic mass is 16.1. The zero-order valence-electron chi connectivity index (χ0n) is 12.0. The van der Waals surface area contributed by atoms with E-state index in [1.54, 1.807) is 6.20 Å². The molecule has 3 aromatic rings. The third kappa shape index (κ3) is 2.76. The molecule has 0 atom stereocenters. The van der Waals surface area contributed by atoms with Crippen LogP contribution in [0.3, 0.4) is 0 Å². The van der Waals surface area contributed by atoms with Crippen molar-refractivity contribution in [3.8, 4) is 0 Å². The van der Waals surface area contributed by atoms with Gasteiger partial charge in [0.25, 0.3) is 0 Å². The third-order valence-electron chi connectivity index (χ3n) is 3.50. The van der Waals surface area contributed by atoms with Gasteiger partial charge in [0.15, 0.2) is 5.65 Å². The Balaban J connectivity index is 1.77. The van der Waals surface area contributed by atoms with E-state index in [0.717, 1.165) is 22.2 Å². The molecule has 0 aliphatic heterocycles. The summed E-state index contributed by atoms with van der Waals surface area (Å²) in [7, 11) is 0. The third-order valence-corrected chi connectivity index (χ3v) is 3.50. The van der Waals surface area contributed by atoms with Gasteiger partial charge in [-0.2, -0.15) is 5.10 Å². The molecule has 21 heavy (non-hydrogen) atoms. The van der Waals surface area contributed by atoms with Gasteiger partial charge in [-0.05, 0) is 31.0 Å². The van der Waals surface area contributed by atoms with Crippen LogP contribution in [0.1, 0.15) is 16.8 Å². The van der Waals surface area contributed by atoms with Crippen LogP contribution < -0.4 is 5.32 Å². The first-order valence-electron chi connectivity index (χ1n) is 6.78. The van der Waals surface area contributed by atoms with Gasteiger partial charge in [0.05, 0.1) is 18.3 Å². The topological polar surface area (TPSA) is 70.7 Å². The highest BCUT2D eigenvalue weighted by Crippen LogP contribution is 2.18. The Bertz CT molecular complexity index is 807. The molecule has 0 unspecified atom stereocenters. The minimum Gasteiger partial charge on any atom is -0.324 e. The van der Waals surface area contributed by atoms with E-state index < -0.39 is 0 Å². The summed E-state index contributed by atoms with van der Waals surface area (Å²) in [5.41, 5.74) is 4.43. The second-order valence-corrected chi connectivity index (χ2v) is 5.10. The van der Waals surface area contributed by atoms with Crippen molar-refractivity contribution in [2.75, 3.05) is 5.32 Å². The lowest BCUT2D eigenvalue weighted by Gasteiger charge is -2.07. The number of aromatic nitrogens is 3. The smallest absolute Gasteiger partial charge is 0.228 e. The monoisotopic (exact) mass is 280 g/mol. The van der Waals surface area contributed by atoms with E-state index in [1.807, 2.05) is 44.2 Å². The van der Waals surface area contributed by atoms with Gasteiger partial charge in [0.2, 0.25) is 5.91 Å². The van der Waals surface area contributed by atoms with Crippen molar-refractivity contribution < 1.29 is 4.79 Å². The minimum absolute atomic E-state index is 0.0494. The number of fused-ring (bicyclic) bond motifs is 1. The number of aryl methyl sites for hydroxylation is 2. The second-order valence-electron chi connectivity index (χ2n) is 5.10. The molecule has 106 valence electrons. The van der Waals surface area contributed by atoms with Gasteiger partial charge in [-0.3, -0.25) is 9.89 Å². The van der Waals surface area contributed by atoms with Crippen molar-refractivity contribution in [3.63, 3.8) is 0 Å². The summed E-state index contributed by atoms with van der Waals surface area (Å²) in [6.45, 7) is 3.93. The molecule has 0 saturated heterocycles. The van der Waals surface area contributed by atoms with Crippen molar-refractivity contribution >= 4 is 22.6 Å². The van der Waals surface area contributed by atoms with Crippen LogP contribution in [0.25, 0.3) is 11.0 Å². The molecule has 0 spiro atoms. The number of carbonyl (C=O) groups excluding carboxylic acids is 1. The molecule has 0 aliphatic rings. The van der Waals surface area contributed by atoms with Crippen LogP contribution in [0.15, 0.2) is 36.5 Å². The minimum atomic E-state index is -0.0494. The molecule has 5 heteroatoms. The lowest BCUT2D eigenvalue weighted by molar-refractivity contribution is -0.115. The molecule has 3 rings (SSSR count). The maximum absolute atomic E-state index is 12.1. The number of amides is 1. The fourth-order valence-corrected chi connectivity index (χ4v) is 2.27. The number of H-pyrrole nitrogens is 1. The van der Waals surface area contributed by atoms with E-state index in [0.29, 0.717) is 17.8 Å². The summed E-state index contributed by atoms with van der Waals surface area (Å²) in [5, 5.41) is 10.8. The fourth-order valence-electron chi connectivity index (χ4n) is 2.27. The summed E-state index contributed by atoms with van der Waals surface area (Å²) < 4.78 is 0. The molecular weight excluding hydrogens is 264 g/mol. The Morgan fingerprint density at radius 1 is 1.29 bits per heavy atom. The largest absolute Gasteiger partial charge is 0.324 e. The highest BCUT2D eigenvalue weighted by molar-refractivity contribution is 5.94. The van der Waals surface area contributed by atoms with Crippen LogP contribution in [-0.2, 0) is 11.2 Å². The van der Waals surface area contributed by atoms with E-state index in [9.17, 15) is 4.79 Å². The molecule has 0 bridgehead atoms. The number of aromatic amines is 1. The SMILES string of the molecule is Cc1ccccc1CC(=O)Nc1cnc2n[nH]c(C)c2c1. The standard InChI is InChI=1S/C16H16N4O/c1-10-5-3-4-6-12(10)7-15(21)18-13-8-14-11(2)19-20-16(14)17-9-13/h3-6,8-9H,7H2,1-2H3,(H,18,21)(H,17,19,20).